The van der Waals surface area contributed by atoms with Crippen molar-refractivity contribution in [1.29, 1.82) is 0 Å². The molecule has 0 bridgehead atoms. The molecule has 0 saturated carbocycles. The number of fused-ring (bicyclic) bond motifs is 2. The molecule has 34 heavy (non-hydrogen) atoms. The fourth-order valence-corrected chi connectivity index (χ4v) is 4.50. The molecule has 1 aliphatic heterocycles. The quantitative estimate of drug-likeness (QED) is 0.402. The third-order valence-electron chi connectivity index (χ3n) is 6.06. The third kappa shape index (κ3) is 3.63. The molecule has 0 N–H and O–H groups in total. The lowest BCUT2D eigenvalue weighted by molar-refractivity contribution is -0.141. The molecule has 1 aliphatic rings. The zero-order valence-electron chi connectivity index (χ0n) is 18.3. The molecule has 172 valence electrons. The van der Waals surface area contributed by atoms with E-state index in [4.69, 9.17) is 0 Å². The predicted molar refractivity (Wildman–Crippen MR) is 121 cm³/mol. The van der Waals surface area contributed by atoms with Crippen molar-refractivity contribution in [1.82, 2.24) is 24.6 Å². The highest BCUT2D eigenvalue weighted by Gasteiger charge is 2.35. The van der Waals surface area contributed by atoms with Crippen molar-refractivity contribution < 1.29 is 18.0 Å². The molecule has 1 atom stereocenters. The fraction of sp³-hybridized carbons (Fsp3) is 0.200. The molecule has 4 heterocycles. The number of carbonyl (C=O) groups excluding carboxylic acids is 1. The fourth-order valence-electron chi connectivity index (χ4n) is 4.50. The van der Waals surface area contributed by atoms with Gasteiger partial charge in [0.1, 0.15) is 5.69 Å². The van der Waals surface area contributed by atoms with E-state index in [1.165, 1.54) is 12.3 Å². The maximum Gasteiger partial charge on any atom is 0.433 e. The molecule has 3 aromatic heterocycles. The van der Waals surface area contributed by atoms with Crippen molar-refractivity contribution in [3.63, 3.8) is 0 Å². The van der Waals surface area contributed by atoms with Gasteiger partial charge in [-0.1, -0.05) is 12.1 Å². The van der Waals surface area contributed by atoms with E-state index < -0.39 is 17.9 Å². The summed E-state index contributed by atoms with van der Waals surface area (Å²) in [5.41, 5.74) is 3.16. The second-order valence-electron chi connectivity index (χ2n) is 8.11. The number of benzene rings is 1. The minimum Gasteiger partial charge on any atom is -0.326 e. The van der Waals surface area contributed by atoms with Crippen molar-refractivity contribution in [2.75, 3.05) is 6.54 Å². The number of nitrogens with zero attached hydrogens (tertiary/aromatic N) is 5. The second-order valence-corrected chi connectivity index (χ2v) is 8.11. The van der Waals surface area contributed by atoms with Crippen molar-refractivity contribution >= 4 is 16.8 Å². The van der Waals surface area contributed by atoms with Gasteiger partial charge in [-0.05, 0) is 42.8 Å². The molecule has 0 saturated heterocycles. The summed E-state index contributed by atoms with van der Waals surface area (Å²) in [4.78, 5) is 23.0. The summed E-state index contributed by atoms with van der Waals surface area (Å²) in [5, 5.41) is 5.49. The number of hydrogen-bond donors (Lipinski definition) is 0. The van der Waals surface area contributed by atoms with Crippen LogP contribution < -0.4 is 0 Å². The summed E-state index contributed by atoms with van der Waals surface area (Å²) in [6.07, 6.45) is 0.585. The molecular weight excluding hydrogens is 443 g/mol. The number of rotatable bonds is 3. The first-order chi connectivity index (χ1) is 16.3. The first-order valence-corrected chi connectivity index (χ1v) is 10.7. The van der Waals surface area contributed by atoms with Gasteiger partial charge in [-0.2, -0.15) is 18.3 Å². The van der Waals surface area contributed by atoms with Crippen LogP contribution in [0.15, 0.2) is 67.5 Å². The molecular formula is C25H20F3N5O. The van der Waals surface area contributed by atoms with Crippen molar-refractivity contribution in [2.45, 2.75) is 18.6 Å². The zero-order valence-corrected chi connectivity index (χ0v) is 18.3. The van der Waals surface area contributed by atoms with Gasteiger partial charge in [-0.25, -0.2) is 0 Å². The lowest BCUT2D eigenvalue weighted by atomic mass is 9.94. The maximum atomic E-state index is 13.4. The van der Waals surface area contributed by atoms with E-state index in [-0.39, 0.29) is 5.91 Å². The average Bonchev–Trinajstić information content (AvgIpc) is 3.18. The summed E-state index contributed by atoms with van der Waals surface area (Å²) in [6, 6.07) is 11.0. The lowest BCUT2D eigenvalue weighted by Gasteiger charge is -2.33. The van der Waals surface area contributed by atoms with Crippen molar-refractivity contribution in [3.8, 4) is 11.3 Å². The maximum absolute atomic E-state index is 13.4. The van der Waals surface area contributed by atoms with E-state index in [2.05, 4.69) is 21.6 Å². The summed E-state index contributed by atoms with van der Waals surface area (Å²) >= 11 is 0. The van der Waals surface area contributed by atoms with E-state index in [0.29, 0.717) is 35.5 Å². The Morgan fingerprint density at radius 3 is 2.71 bits per heavy atom. The molecule has 0 unspecified atom stereocenters. The monoisotopic (exact) mass is 463 g/mol. The minimum atomic E-state index is -4.50. The van der Waals surface area contributed by atoms with Gasteiger partial charge in [-0.3, -0.25) is 19.4 Å². The number of pyridine rings is 2. The van der Waals surface area contributed by atoms with Crippen LogP contribution in [0, 0.1) is 0 Å². The number of aryl methyl sites for hydroxylation is 1. The zero-order chi connectivity index (χ0) is 24.0. The molecule has 0 spiro atoms. The molecule has 1 amide bonds. The highest BCUT2D eigenvalue weighted by atomic mass is 19.4. The summed E-state index contributed by atoms with van der Waals surface area (Å²) < 4.78 is 40.4. The van der Waals surface area contributed by atoms with Gasteiger partial charge in [0.25, 0.3) is 5.91 Å². The summed E-state index contributed by atoms with van der Waals surface area (Å²) in [5.74, 6) is -0.148. The van der Waals surface area contributed by atoms with Crippen LogP contribution in [0.3, 0.4) is 0 Å². The van der Waals surface area contributed by atoms with Gasteiger partial charge in [0, 0.05) is 48.1 Å². The Morgan fingerprint density at radius 2 is 2.00 bits per heavy atom. The van der Waals surface area contributed by atoms with Crippen LogP contribution in [0.25, 0.3) is 22.2 Å². The van der Waals surface area contributed by atoms with Crippen molar-refractivity contribution in [3.05, 3.63) is 90.0 Å². The molecule has 6 nitrogen and oxygen atoms in total. The van der Waals surface area contributed by atoms with Crippen LogP contribution >= 0.6 is 0 Å². The molecule has 1 aromatic carbocycles. The number of alkyl halides is 3. The Hall–Kier alpha value is -4.01. The van der Waals surface area contributed by atoms with Gasteiger partial charge in [0.05, 0.1) is 22.9 Å². The molecule has 4 aromatic rings. The van der Waals surface area contributed by atoms with Crippen LogP contribution in [0.2, 0.25) is 0 Å². The van der Waals surface area contributed by atoms with Crippen LogP contribution in [-0.2, 0) is 19.6 Å². The van der Waals surface area contributed by atoms with E-state index >= 15 is 0 Å². The highest BCUT2D eigenvalue weighted by Crippen LogP contribution is 2.37. The first-order valence-electron chi connectivity index (χ1n) is 10.7. The largest absolute Gasteiger partial charge is 0.433 e. The topological polar surface area (TPSA) is 63.9 Å². The van der Waals surface area contributed by atoms with Crippen molar-refractivity contribution in [2.24, 2.45) is 7.05 Å². The smallest absolute Gasteiger partial charge is 0.326 e. The number of hydrogen-bond acceptors (Lipinski definition) is 4. The van der Waals surface area contributed by atoms with Crippen LogP contribution in [0.5, 0.6) is 0 Å². The molecule has 0 aliphatic carbocycles. The average molecular weight is 463 g/mol. The summed E-state index contributed by atoms with van der Waals surface area (Å²) in [7, 11) is 1.73. The number of halogens is 3. The Morgan fingerprint density at radius 1 is 1.18 bits per heavy atom. The Balaban J connectivity index is 1.49. The van der Waals surface area contributed by atoms with Crippen LogP contribution in [-0.4, -0.2) is 37.1 Å². The van der Waals surface area contributed by atoms with Gasteiger partial charge in [0.2, 0.25) is 0 Å². The predicted octanol–water partition coefficient (Wildman–Crippen LogP) is 4.97. The number of amides is 1. The Bertz CT molecular complexity index is 1410. The Kier molecular flexibility index (Phi) is 5.19. The lowest BCUT2D eigenvalue weighted by Crippen LogP contribution is -2.39. The SMILES string of the molecule is C=C[C@H]1c2nn(C)c(-c3ccc(C(F)(F)F)nc3)c2CCN1C(=O)c1ccc2ncccc2c1. The van der Waals surface area contributed by atoms with Gasteiger partial charge in [-0.15, -0.1) is 6.58 Å². The number of carbonyl (C=O) groups is 1. The third-order valence-corrected chi connectivity index (χ3v) is 6.06. The number of aromatic nitrogens is 4. The molecule has 0 fully saturated rings. The van der Waals surface area contributed by atoms with E-state index in [1.54, 1.807) is 35.0 Å². The van der Waals surface area contributed by atoms with Gasteiger partial charge < -0.3 is 4.90 Å². The van der Waals surface area contributed by atoms with Crippen LogP contribution in [0.4, 0.5) is 13.2 Å². The second kappa shape index (κ2) is 8.09. The Labute approximate surface area is 193 Å². The van der Waals surface area contributed by atoms with E-state index in [0.717, 1.165) is 22.5 Å². The van der Waals surface area contributed by atoms with Gasteiger partial charge in [0.15, 0.2) is 0 Å². The van der Waals surface area contributed by atoms with E-state index in [1.807, 2.05) is 24.3 Å². The normalized spacial score (nSPS) is 15.9. The standard InChI is InChI=1S/C25H20F3N5O/c1-3-20-22-18(23(32(2)31-22)17-7-9-21(30-14-17)25(26,27)28)10-12-33(20)24(34)16-6-8-19-15(13-16)5-4-11-29-19/h3-9,11,13-14,20H,1,10,12H2,2H3/t20-/m0/s1. The molecule has 0 radical (unpaired) electrons. The highest BCUT2D eigenvalue weighted by molar-refractivity contribution is 5.98. The van der Waals surface area contributed by atoms with E-state index in [9.17, 15) is 18.0 Å². The molecule has 9 heteroatoms. The first kappa shape index (κ1) is 21.8. The van der Waals surface area contributed by atoms with Gasteiger partial charge >= 0.3 is 6.18 Å². The van der Waals surface area contributed by atoms with Crippen LogP contribution in [0.1, 0.15) is 33.4 Å². The molecule has 5 rings (SSSR count). The summed E-state index contributed by atoms with van der Waals surface area (Å²) in [6.45, 7) is 4.34. The minimum absolute atomic E-state index is 0.148.